The second-order valence-corrected chi connectivity index (χ2v) is 2.94. The average Bonchev–Trinajstić information content (AvgIpc) is 2.18. The quantitative estimate of drug-likeness (QED) is 0.684. The highest BCUT2D eigenvalue weighted by Crippen LogP contribution is 2.19. The summed E-state index contributed by atoms with van der Waals surface area (Å²) < 4.78 is 5.06. The van der Waals surface area contributed by atoms with Crippen molar-refractivity contribution in [1.29, 1.82) is 5.26 Å². The Hall–Kier alpha value is -1.82. The van der Waals surface area contributed by atoms with Crippen molar-refractivity contribution in [3.05, 3.63) is 29.3 Å². The van der Waals surface area contributed by atoms with Gasteiger partial charge in [-0.05, 0) is 30.7 Å². The largest absolute Gasteiger partial charge is 0.496 e. The minimum absolute atomic E-state index is 0.0776. The number of ether oxygens (including phenoxy) is 1. The molecule has 1 aromatic carbocycles. The summed E-state index contributed by atoms with van der Waals surface area (Å²) in [5, 5.41) is 8.37. The standard InChI is InChI=1S/C11H11NO2/c1-8-7-9(10(13)5-6-12)3-4-11(8)14-2/h3-4,7H,5H2,1-2H3. The number of benzene rings is 1. The van der Waals surface area contributed by atoms with Crippen molar-refractivity contribution >= 4 is 5.78 Å². The molecule has 0 radical (unpaired) electrons. The summed E-state index contributed by atoms with van der Waals surface area (Å²) >= 11 is 0. The lowest BCUT2D eigenvalue weighted by Crippen LogP contribution is -1.98. The highest BCUT2D eigenvalue weighted by molar-refractivity contribution is 5.97. The van der Waals surface area contributed by atoms with Crippen LogP contribution in [0.25, 0.3) is 0 Å². The van der Waals surface area contributed by atoms with Gasteiger partial charge in [0.05, 0.1) is 19.6 Å². The Morgan fingerprint density at radius 3 is 2.79 bits per heavy atom. The van der Waals surface area contributed by atoms with Crippen LogP contribution in [0.15, 0.2) is 18.2 Å². The number of carbonyl (C=O) groups excluding carboxylic acids is 1. The van der Waals surface area contributed by atoms with Crippen molar-refractivity contribution in [1.82, 2.24) is 0 Å². The molecule has 14 heavy (non-hydrogen) atoms. The molecule has 1 aromatic rings. The first-order valence-electron chi connectivity index (χ1n) is 4.24. The predicted octanol–water partition coefficient (Wildman–Crippen LogP) is 2.10. The molecule has 0 heterocycles. The van der Waals surface area contributed by atoms with E-state index in [4.69, 9.17) is 10.00 Å². The van der Waals surface area contributed by atoms with Crippen molar-refractivity contribution in [2.75, 3.05) is 7.11 Å². The number of ketones is 1. The molecule has 0 aliphatic carbocycles. The fraction of sp³-hybridized carbons (Fsp3) is 0.273. The predicted molar refractivity (Wildman–Crippen MR) is 52.3 cm³/mol. The number of carbonyl (C=O) groups is 1. The maximum Gasteiger partial charge on any atom is 0.176 e. The molecule has 0 atom stereocenters. The number of rotatable bonds is 3. The zero-order valence-corrected chi connectivity index (χ0v) is 8.20. The first-order valence-corrected chi connectivity index (χ1v) is 4.24. The molecule has 0 aromatic heterocycles. The monoisotopic (exact) mass is 189 g/mol. The second-order valence-electron chi connectivity index (χ2n) is 2.94. The Kier molecular flexibility index (Phi) is 3.24. The van der Waals surface area contributed by atoms with Crippen molar-refractivity contribution in [2.45, 2.75) is 13.3 Å². The molecule has 0 spiro atoms. The lowest BCUT2D eigenvalue weighted by molar-refractivity contribution is 0.0997. The fourth-order valence-electron chi connectivity index (χ4n) is 1.23. The van der Waals surface area contributed by atoms with Gasteiger partial charge in [-0.15, -0.1) is 0 Å². The summed E-state index contributed by atoms with van der Waals surface area (Å²) in [6.07, 6.45) is -0.0776. The molecule has 1 rings (SSSR count). The van der Waals surface area contributed by atoms with Crippen molar-refractivity contribution < 1.29 is 9.53 Å². The van der Waals surface area contributed by atoms with Crippen LogP contribution in [-0.4, -0.2) is 12.9 Å². The molecule has 0 fully saturated rings. The summed E-state index contributed by atoms with van der Waals surface area (Å²) in [6, 6.07) is 6.98. The van der Waals surface area contributed by atoms with Gasteiger partial charge in [0.15, 0.2) is 5.78 Å². The molecule has 0 aliphatic heterocycles. The number of nitriles is 1. The molecule has 0 bridgehead atoms. The van der Waals surface area contributed by atoms with E-state index in [1.165, 1.54) is 0 Å². The minimum atomic E-state index is -0.154. The van der Waals surface area contributed by atoms with E-state index >= 15 is 0 Å². The molecule has 72 valence electrons. The summed E-state index contributed by atoms with van der Waals surface area (Å²) in [5.74, 6) is 0.594. The zero-order valence-electron chi connectivity index (χ0n) is 8.20. The van der Waals surface area contributed by atoms with Crippen molar-refractivity contribution in [3.63, 3.8) is 0 Å². The number of aryl methyl sites for hydroxylation is 1. The molecular formula is C11H11NO2. The topological polar surface area (TPSA) is 50.1 Å². The third-order valence-electron chi connectivity index (χ3n) is 1.96. The number of hydrogen-bond donors (Lipinski definition) is 0. The summed E-state index contributed by atoms with van der Waals surface area (Å²) in [5.41, 5.74) is 1.46. The molecule has 0 N–H and O–H groups in total. The van der Waals surface area contributed by atoms with Crippen LogP contribution in [0.5, 0.6) is 5.75 Å². The summed E-state index contributed by atoms with van der Waals surface area (Å²) in [6.45, 7) is 1.86. The van der Waals surface area contributed by atoms with E-state index < -0.39 is 0 Å². The molecule has 0 unspecified atom stereocenters. The van der Waals surface area contributed by atoms with Gasteiger partial charge >= 0.3 is 0 Å². The van der Waals surface area contributed by atoms with Gasteiger partial charge in [0.1, 0.15) is 5.75 Å². The Morgan fingerprint density at radius 1 is 1.57 bits per heavy atom. The first-order chi connectivity index (χ1) is 6.69. The third kappa shape index (κ3) is 2.11. The summed E-state index contributed by atoms with van der Waals surface area (Å²) in [7, 11) is 1.58. The van der Waals surface area contributed by atoms with E-state index in [1.807, 2.05) is 13.0 Å². The van der Waals surface area contributed by atoms with Gasteiger partial charge in [0.25, 0.3) is 0 Å². The Labute approximate surface area is 82.9 Å². The highest BCUT2D eigenvalue weighted by atomic mass is 16.5. The molecule has 0 amide bonds. The lowest BCUT2D eigenvalue weighted by Gasteiger charge is -2.05. The fourth-order valence-corrected chi connectivity index (χ4v) is 1.23. The molecule has 3 heteroatoms. The smallest absolute Gasteiger partial charge is 0.176 e. The van der Waals surface area contributed by atoms with Gasteiger partial charge in [0.2, 0.25) is 0 Å². The van der Waals surface area contributed by atoms with E-state index in [0.29, 0.717) is 5.56 Å². The van der Waals surface area contributed by atoms with Gasteiger partial charge in [0, 0.05) is 5.56 Å². The van der Waals surface area contributed by atoms with E-state index in [0.717, 1.165) is 11.3 Å². The van der Waals surface area contributed by atoms with Crippen LogP contribution in [0.3, 0.4) is 0 Å². The Morgan fingerprint density at radius 2 is 2.29 bits per heavy atom. The van der Waals surface area contributed by atoms with E-state index in [1.54, 1.807) is 25.3 Å². The van der Waals surface area contributed by atoms with Crippen LogP contribution in [0.2, 0.25) is 0 Å². The molecular weight excluding hydrogens is 178 g/mol. The van der Waals surface area contributed by atoms with Crippen LogP contribution in [0.1, 0.15) is 22.3 Å². The maximum absolute atomic E-state index is 11.3. The number of nitrogens with zero attached hydrogens (tertiary/aromatic N) is 1. The molecule has 3 nitrogen and oxygen atoms in total. The first kappa shape index (κ1) is 10.3. The molecule has 0 saturated heterocycles. The number of Topliss-reactive ketones (excluding diaryl/α,β-unsaturated/α-hetero) is 1. The highest BCUT2D eigenvalue weighted by Gasteiger charge is 2.06. The van der Waals surface area contributed by atoms with Gasteiger partial charge in [-0.3, -0.25) is 4.79 Å². The normalized spacial score (nSPS) is 9.21. The molecule has 0 saturated carbocycles. The Bertz CT molecular complexity index is 391. The Balaban J connectivity index is 2.98. The van der Waals surface area contributed by atoms with Gasteiger partial charge < -0.3 is 4.74 Å². The zero-order chi connectivity index (χ0) is 10.6. The lowest BCUT2D eigenvalue weighted by atomic mass is 10.1. The van der Waals surface area contributed by atoms with Crippen LogP contribution in [-0.2, 0) is 0 Å². The summed E-state index contributed by atoms with van der Waals surface area (Å²) in [4.78, 5) is 11.3. The van der Waals surface area contributed by atoms with Crippen LogP contribution in [0, 0.1) is 18.3 Å². The van der Waals surface area contributed by atoms with Crippen LogP contribution < -0.4 is 4.74 Å². The maximum atomic E-state index is 11.3. The van der Waals surface area contributed by atoms with E-state index in [-0.39, 0.29) is 12.2 Å². The van der Waals surface area contributed by atoms with Gasteiger partial charge in [-0.2, -0.15) is 5.26 Å². The van der Waals surface area contributed by atoms with Crippen LogP contribution >= 0.6 is 0 Å². The molecule has 0 aliphatic rings. The van der Waals surface area contributed by atoms with Crippen LogP contribution in [0.4, 0.5) is 0 Å². The number of methoxy groups -OCH3 is 1. The average molecular weight is 189 g/mol. The van der Waals surface area contributed by atoms with Crippen molar-refractivity contribution in [3.8, 4) is 11.8 Å². The van der Waals surface area contributed by atoms with E-state index in [9.17, 15) is 4.79 Å². The minimum Gasteiger partial charge on any atom is -0.496 e. The SMILES string of the molecule is COc1ccc(C(=O)CC#N)cc1C. The van der Waals surface area contributed by atoms with E-state index in [2.05, 4.69) is 0 Å². The van der Waals surface area contributed by atoms with Gasteiger partial charge in [-0.1, -0.05) is 0 Å². The second kappa shape index (κ2) is 4.43. The van der Waals surface area contributed by atoms with Crippen molar-refractivity contribution in [2.24, 2.45) is 0 Å². The number of hydrogen-bond acceptors (Lipinski definition) is 3. The third-order valence-corrected chi connectivity index (χ3v) is 1.96. The van der Waals surface area contributed by atoms with Gasteiger partial charge in [-0.25, -0.2) is 0 Å².